The molecule has 0 heterocycles. The number of nitrogens with zero attached hydrogens (tertiary/aromatic N) is 2. The topological polar surface area (TPSA) is 91.0 Å². The minimum absolute atomic E-state index is 0.107. The monoisotopic (exact) mass is 500 g/mol. The van der Waals surface area contributed by atoms with Crippen LogP contribution in [0, 0.1) is 17.0 Å². The van der Waals surface area contributed by atoms with Gasteiger partial charge < -0.3 is 9.57 Å². The van der Waals surface area contributed by atoms with Crippen LogP contribution in [0.2, 0.25) is 0 Å². The first-order chi connectivity index (χ1) is 17.9. The van der Waals surface area contributed by atoms with Gasteiger partial charge in [-0.05, 0) is 59.7 Å². The first-order valence-electron chi connectivity index (χ1n) is 12.6. The molecule has 0 unspecified atom stereocenters. The number of rotatable bonds is 10. The molecule has 0 spiro atoms. The number of oxime groups is 1. The van der Waals surface area contributed by atoms with E-state index in [2.05, 4.69) is 31.1 Å². The van der Waals surface area contributed by atoms with Gasteiger partial charge in [0.1, 0.15) is 12.3 Å². The number of carbonyl (C=O) groups is 1. The van der Waals surface area contributed by atoms with Crippen LogP contribution in [-0.4, -0.2) is 30.3 Å². The second-order valence-corrected chi connectivity index (χ2v) is 9.48. The lowest BCUT2D eigenvalue weighted by Crippen LogP contribution is -2.25. The Bertz CT molecular complexity index is 1360. The number of hydrogen-bond donors (Lipinski definition) is 0. The molecule has 0 saturated carbocycles. The van der Waals surface area contributed by atoms with Crippen molar-refractivity contribution in [3.63, 3.8) is 0 Å². The van der Waals surface area contributed by atoms with Crippen molar-refractivity contribution in [2.75, 3.05) is 13.7 Å². The molecule has 0 aromatic heterocycles. The fraction of sp³-hybridized carbons (Fsp3) is 0.333. The molecule has 3 aromatic carbocycles. The van der Waals surface area contributed by atoms with E-state index in [1.807, 2.05) is 43.3 Å². The van der Waals surface area contributed by atoms with Crippen LogP contribution in [0.1, 0.15) is 67.3 Å². The van der Waals surface area contributed by atoms with E-state index < -0.39 is 5.97 Å². The molecule has 0 atom stereocenters. The van der Waals surface area contributed by atoms with Gasteiger partial charge >= 0.3 is 5.97 Å². The Morgan fingerprint density at radius 2 is 1.62 bits per heavy atom. The largest absolute Gasteiger partial charge is 0.373 e. The van der Waals surface area contributed by atoms with E-state index in [1.165, 1.54) is 7.11 Å². The number of benzene rings is 3. The van der Waals surface area contributed by atoms with Crippen LogP contribution in [0.3, 0.4) is 0 Å². The molecule has 0 N–H and O–H groups in total. The van der Waals surface area contributed by atoms with Crippen LogP contribution in [0.5, 0.6) is 0 Å². The lowest BCUT2D eigenvalue weighted by molar-refractivity contribution is -0.384. The van der Waals surface area contributed by atoms with E-state index in [1.54, 1.807) is 12.1 Å². The van der Waals surface area contributed by atoms with E-state index in [-0.39, 0.29) is 22.6 Å². The number of nitro benzene ring substituents is 1. The maximum atomic E-state index is 12.1. The molecule has 7 heteroatoms. The van der Waals surface area contributed by atoms with Crippen molar-refractivity contribution in [3.05, 3.63) is 98.6 Å². The summed E-state index contributed by atoms with van der Waals surface area (Å²) in [6.45, 7) is 6.08. The smallest absolute Gasteiger partial charge is 0.360 e. The molecule has 1 aliphatic carbocycles. The van der Waals surface area contributed by atoms with Gasteiger partial charge in [0.05, 0.1) is 4.92 Å². The van der Waals surface area contributed by atoms with E-state index in [4.69, 9.17) is 9.57 Å². The number of ether oxygens (including phenoxy) is 1. The summed E-state index contributed by atoms with van der Waals surface area (Å²) >= 11 is 0. The summed E-state index contributed by atoms with van der Waals surface area (Å²) in [5.41, 5.74) is 7.24. The van der Waals surface area contributed by atoms with Crippen molar-refractivity contribution < 1.29 is 19.3 Å². The molecule has 0 fully saturated rings. The van der Waals surface area contributed by atoms with Crippen molar-refractivity contribution in [1.29, 1.82) is 0 Å². The summed E-state index contributed by atoms with van der Waals surface area (Å²) in [5, 5.41) is 15.9. The summed E-state index contributed by atoms with van der Waals surface area (Å²) < 4.78 is 4.88. The average molecular weight is 501 g/mol. The van der Waals surface area contributed by atoms with Crippen LogP contribution >= 0.6 is 0 Å². The van der Waals surface area contributed by atoms with Crippen LogP contribution in [-0.2, 0) is 19.8 Å². The molecule has 0 bridgehead atoms. The standard InChI is InChI=1S/C30H32N2O5/c1-5-15-30(16-6-2)26-17-21(11-13-24(26)25-14-12-22(32(34)35)18-27(25)30)29(31-37-28(33)19-36-4)23-10-8-7-9-20(23)3/h7-14,17-18H,5-6,15-16,19H2,1-4H3. The molecule has 0 saturated heterocycles. The Hall–Kier alpha value is -3.84. The lowest BCUT2D eigenvalue weighted by atomic mass is 9.71. The van der Waals surface area contributed by atoms with E-state index in [0.29, 0.717) is 5.71 Å². The lowest BCUT2D eigenvalue weighted by Gasteiger charge is -2.32. The molecule has 0 amide bonds. The number of carbonyl (C=O) groups excluding carboxylic acids is 1. The highest BCUT2D eigenvalue weighted by Gasteiger charge is 2.43. The van der Waals surface area contributed by atoms with Crippen LogP contribution in [0.25, 0.3) is 11.1 Å². The molecule has 0 aliphatic heterocycles. The molecule has 4 rings (SSSR count). The molecule has 7 nitrogen and oxygen atoms in total. The van der Waals surface area contributed by atoms with Gasteiger partial charge in [-0.3, -0.25) is 10.1 Å². The van der Waals surface area contributed by atoms with E-state index in [9.17, 15) is 14.9 Å². The normalized spacial score (nSPS) is 13.7. The van der Waals surface area contributed by atoms with Crippen molar-refractivity contribution >= 4 is 17.4 Å². The molecular weight excluding hydrogens is 468 g/mol. The quantitative estimate of drug-likeness (QED) is 0.133. The molecule has 37 heavy (non-hydrogen) atoms. The van der Waals surface area contributed by atoms with Gasteiger partial charge in [0.15, 0.2) is 0 Å². The third kappa shape index (κ3) is 4.91. The number of nitro groups is 1. The fourth-order valence-electron chi connectivity index (χ4n) is 5.60. The van der Waals surface area contributed by atoms with Crippen LogP contribution in [0.4, 0.5) is 5.69 Å². The zero-order valence-electron chi connectivity index (χ0n) is 21.7. The summed E-state index contributed by atoms with van der Waals surface area (Å²) in [6.07, 6.45) is 3.59. The molecule has 0 radical (unpaired) electrons. The Morgan fingerprint density at radius 1 is 0.973 bits per heavy atom. The third-order valence-electron chi connectivity index (χ3n) is 7.08. The van der Waals surface area contributed by atoms with Gasteiger partial charge in [0.25, 0.3) is 5.69 Å². The SMILES string of the molecule is CCCC1(CCC)c2cc(C(=NOC(=O)COC)c3ccccc3C)ccc2-c2ccc([N+](=O)[O-])cc21. The Kier molecular flexibility index (Phi) is 7.83. The number of non-ortho nitro benzene ring substituents is 1. The first-order valence-corrected chi connectivity index (χ1v) is 12.6. The number of aryl methyl sites for hydroxylation is 1. The van der Waals surface area contributed by atoms with Gasteiger partial charge in [0, 0.05) is 35.8 Å². The van der Waals surface area contributed by atoms with Crippen LogP contribution < -0.4 is 0 Å². The summed E-state index contributed by atoms with van der Waals surface area (Å²) in [5.74, 6) is -0.583. The van der Waals surface area contributed by atoms with Crippen molar-refractivity contribution in [3.8, 4) is 11.1 Å². The van der Waals surface area contributed by atoms with Crippen molar-refractivity contribution in [1.82, 2.24) is 0 Å². The molecular formula is C30H32N2O5. The highest BCUT2D eigenvalue weighted by Crippen LogP contribution is 2.54. The Labute approximate surface area is 217 Å². The van der Waals surface area contributed by atoms with Gasteiger partial charge in [0.2, 0.25) is 0 Å². The van der Waals surface area contributed by atoms with Crippen molar-refractivity contribution in [2.24, 2.45) is 5.16 Å². The second-order valence-electron chi connectivity index (χ2n) is 9.48. The second kappa shape index (κ2) is 11.0. The maximum absolute atomic E-state index is 12.1. The van der Waals surface area contributed by atoms with Crippen LogP contribution in [0.15, 0.2) is 65.8 Å². The minimum atomic E-state index is -0.583. The van der Waals surface area contributed by atoms with Crippen molar-refractivity contribution in [2.45, 2.75) is 51.9 Å². The fourth-order valence-corrected chi connectivity index (χ4v) is 5.60. The highest BCUT2D eigenvalue weighted by molar-refractivity contribution is 6.14. The third-order valence-corrected chi connectivity index (χ3v) is 7.08. The van der Waals surface area contributed by atoms with Gasteiger partial charge in [-0.15, -0.1) is 0 Å². The summed E-state index contributed by atoms with van der Waals surface area (Å²) in [7, 11) is 1.43. The first kappa shape index (κ1) is 26.2. The number of methoxy groups -OCH3 is 1. The maximum Gasteiger partial charge on any atom is 0.360 e. The summed E-state index contributed by atoms with van der Waals surface area (Å²) in [6, 6.07) is 19.2. The summed E-state index contributed by atoms with van der Waals surface area (Å²) in [4.78, 5) is 28.6. The van der Waals surface area contributed by atoms with E-state index >= 15 is 0 Å². The predicted octanol–water partition coefficient (Wildman–Crippen LogP) is 6.71. The molecule has 3 aromatic rings. The van der Waals surface area contributed by atoms with E-state index in [0.717, 1.165) is 64.6 Å². The molecule has 1 aliphatic rings. The highest BCUT2D eigenvalue weighted by atomic mass is 16.7. The Balaban J connectivity index is 1.93. The molecule has 192 valence electrons. The minimum Gasteiger partial charge on any atom is -0.373 e. The zero-order valence-corrected chi connectivity index (χ0v) is 21.7. The average Bonchev–Trinajstić information content (AvgIpc) is 3.14. The van der Waals surface area contributed by atoms with Gasteiger partial charge in [-0.25, -0.2) is 4.79 Å². The number of hydrogen-bond acceptors (Lipinski definition) is 6. The zero-order chi connectivity index (χ0) is 26.6. The Morgan fingerprint density at radius 3 is 2.24 bits per heavy atom. The van der Waals surface area contributed by atoms with Gasteiger partial charge in [-0.2, -0.15) is 0 Å². The number of fused-ring (bicyclic) bond motifs is 3. The van der Waals surface area contributed by atoms with Gasteiger partial charge in [-0.1, -0.05) is 68.2 Å². The predicted molar refractivity (Wildman–Crippen MR) is 144 cm³/mol.